The van der Waals surface area contributed by atoms with Gasteiger partial charge in [0.25, 0.3) is 0 Å². The maximum atomic E-state index is 12.2. The third-order valence-corrected chi connectivity index (χ3v) is 3.55. The summed E-state index contributed by atoms with van der Waals surface area (Å²) in [6.45, 7) is 3.84. The van der Waals surface area contributed by atoms with Crippen LogP contribution >= 0.6 is 0 Å². The highest BCUT2D eigenvalue weighted by Gasteiger charge is 2.27. The number of ketones is 1. The van der Waals surface area contributed by atoms with Crippen LogP contribution in [-0.4, -0.2) is 18.4 Å². The Morgan fingerprint density at radius 3 is 2.62 bits per heavy atom. The molecule has 86 valence electrons. The van der Waals surface area contributed by atoms with Gasteiger partial charge < -0.3 is 5.32 Å². The first-order chi connectivity index (χ1) is 7.54. The smallest absolute Gasteiger partial charge is 0.182 e. The monoisotopic (exact) mass is 217 g/mol. The van der Waals surface area contributed by atoms with Gasteiger partial charge in [0.2, 0.25) is 0 Å². The molecule has 1 N–H and O–H groups in total. The third kappa shape index (κ3) is 1.90. The highest BCUT2D eigenvalue weighted by atomic mass is 16.1. The number of nitrogens with one attached hydrogen (secondary N) is 1. The molecule has 0 aromatic heterocycles. The predicted molar refractivity (Wildman–Crippen MR) is 65.9 cm³/mol. The molecule has 1 aliphatic carbocycles. The van der Waals surface area contributed by atoms with Crippen molar-refractivity contribution in [1.29, 1.82) is 0 Å². The second-order valence-corrected chi connectivity index (χ2v) is 5.04. The Balaban J connectivity index is 2.32. The lowest BCUT2D eigenvalue weighted by Crippen LogP contribution is -2.44. The van der Waals surface area contributed by atoms with Crippen molar-refractivity contribution in [3.8, 4) is 0 Å². The first-order valence-electron chi connectivity index (χ1n) is 5.90. The van der Waals surface area contributed by atoms with Crippen LogP contribution in [-0.2, 0) is 12.8 Å². The van der Waals surface area contributed by atoms with E-state index >= 15 is 0 Å². The molecule has 0 saturated heterocycles. The molecular weight excluding hydrogens is 198 g/mol. The van der Waals surface area contributed by atoms with Crippen molar-refractivity contribution in [2.24, 2.45) is 0 Å². The highest BCUT2D eigenvalue weighted by molar-refractivity contribution is 6.02. The summed E-state index contributed by atoms with van der Waals surface area (Å²) in [6.07, 6.45) is 3.51. The van der Waals surface area contributed by atoms with Gasteiger partial charge in [0.1, 0.15) is 0 Å². The van der Waals surface area contributed by atoms with Gasteiger partial charge in [-0.3, -0.25) is 4.79 Å². The van der Waals surface area contributed by atoms with Crippen molar-refractivity contribution in [2.45, 2.75) is 38.6 Å². The summed E-state index contributed by atoms with van der Waals surface area (Å²) < 4.78 is 0. The molecule has 2 rings (SSSR count). The Morgan fingerprint density at radius 2 is 1.94 bits per heavy atom. The lowest BCUT2D eigenvalue weighted by Gasteiger charge is -2.22. The van der Waals surface area contributed by atoms with Crippen LogP contribution in [0.15, 0.2) is 18.2 Å². The standard InChI is InChI=1S/C14H19NO/c1-14(2,15-3)13(16)12-8-7-10-5-4-6-11(10)9-12/h7-9,15H,4-6H2,1-3H3. The van der Waals surface area contributed by atoms with Crippen LogP contribution in [0.2, 0.25) is 0 Å². The van der Waals surface area contributed by atoms with E-state index in [1.165, 1.54) is 24.0 Å². The van der Waals surface area contributed by atoms with E-state index in [1.807, 2.05) is 27.0 Å². The van der Waals surface area contributed by atoms with Crippen LogP contribution in [0.5, 0.6) is 0 Å². The summed E-state index contributed by atoms with van der Waals surface area (Å²) in [6, 6.07) is 6.15. The topological polar surface area (TPSA) is 29.1 Å². The molecule has 0 spiro atoms. The van der Waals surface area contributed by atoms with E-state index in [2.05, 4.69) is 17.4 Å². The summed E-state index contributed by atoms with van der Waals surface area (Å²) in [7, 11) is 1.82. The maximum absolute atomic E-state index is 12.2. The van der Waals surface area contributed by atoms with Gasteiger partial charge in [-0.15, -0.1) is 0 Å². The zero-order valence-electron chi connectivity index (χ0n) is 10.3. The van der Waals surface area contributed by atoms with Gasteiger partial charge in [0.05, 0.1) is 5.54 Å². The number of carbonyl (C=O) groups is 1. The summed E-state index contributed by atoms with van der Waals surface area (Å²) in [5.74, 6) is 0.171. The number of benzene rings is 1. The Hall–Kier alpha value is -1.15. The second-order valence-electron chi connectivity index (χ2n) is 5.04. The van der Waals surface area contributed by atoms with Gasteiger partial charge in [-0.25, -0.2) is 0 Å². The molecule has 0 heterocycles. The van der Waals surface area contributed by atoms with Gasteiger partial charge in [-0.05, 0) is 57.4 Å². The molecule has 2 heteroatoms. The first-order valence-corrected chi connectivity index (χ1v) is 5.90. The summed E-state index contributed by atoms with van der Waals surface area (Å²) in [4.78, 5) is 12.2. The lowest BCUT2D eigenvalue weighted by atomic mass is 9.92. The minimum atomic E-state index is -0.479. The highest BCUT2D eigenvalue weighted by Crippen LogP contribution is 2.24. The van der Waals surface area contributed by atoms with Crippen LogP contribution in [0.3, 0.4) is 0 Å². The van der Waals surface area contributed by atoms with Crippen molar-refractivity contribution in [3.05, 3.63) is 34.9 Å². The summed E-state index contributed by atoms with van der Waals surface area (Å²) in [5, 5.41) is 3.06. The van der Waals surface area contributed by atoms with Crippen LogP contribution < -0.4 is 5.32 Å². The van der Waals surface area contributed by atoms with Crippen molar-refractivity contribution in [2.75, 3.05) is 7.05 Å². The first kappa shape index (κ1) is 11.3. The second kappa shape index (κ2) is 4.02. The average molecular weight is 217 g/mol. The summed E-state index contributed by atoms with van der Waals surface area (Å²) in [5.41, 5.74) is 3.13. The largest absolute Gasteiger partial charge is 0.308 e. The van der Waals surface area contributed by atoms with Crippen LogP contribution in [0, 0.1) is 0 Å². The molecular formula is C14H19NO. The Kier molecular flexibility index (Phi) is 2.85. The minimum Gasteiger partial charge on any atom is -0.308 e. The van der Waals surface area contributed by atoms with Crippen molar-refractivity contribution < 1.29 is 4.79 Å². The number of carbonyl (C=O) groups excluding carboxylic acids is 1. The normalized spacial score (nSPS) is 14.9. The molecule has 2 nitrogen and oxygen atoms in total. The fourth-order valence-corrected chi connectivity index (χ4v) is 2.19. The Bertz CT molecular complexity index is 421. The van der Waals surface area contributed by atoms with Crippen molar-refractivity contribution >= 4 is 5.78 Å². The molecule has 16 heavy (non-hydrogen) atoms. The SMILES string of the molecule is CNC(C)(C)C(=O)c1ccc2c(c1)CCC2. The Labute approximate surface area is 97.1 Å². The number of Topliss-reactive ketones (excluding diaryl/α,β-unsaturated/α-hetero) is 1. The van der Waals surface area contributed by atoms with Gasteiger partial charge in [0, 0.05) is 5.56 Å². The van der Waals surface area contributed by atoms with E-state index in [1.54, 1.807) is 0 Å². The van der Waals surface area contributed by atoms with Gasteiger partial charge >= 0.3 is 0 Å². The average Bonchev–Trinajstić information content (AvgIpc) is 2.74. The molecule has 0 atom stereocenters. The van der Waals surface area contributed by atoms with Crippen LogP contribution in [0.4, 0.5) is 0 Å². The minimum absolute atomic E-state index is 0.171. The molecule has 1 aromatic carbocycles. The lowest BCUT2D eigenvalue weighted by molar-refractivity contribution is 0.0889. The molecule has 1 aromatic rings. The fourth-order valence-electron chi connectivity index (χ4n) is 2.19. The van der Waals surface area contributed by atoms with E-state index in [-0.39, 0.29) is 5.78 Å². The molecule has 0 saturated carbocycles. The molecule has 0 unspecified atom stereocenters. The van der Waals surface area contributed by atoms with E-state index < -0.39 is 5.54 Å². The fraction of sp³-hybridized carbons (Fsp3) is 0.500. The maximum Gasteiger partial charge on any atom is 0.182 e. The molecule has 0 fully saturated rings. The van der Waals surface area contributed by atoms with Gasteiger partial charge in [0.15, 0.2) is 5.78 Å². The van der Waals surface area contributed by atoms with E-state index in [9.17, 15) is 4.79 Å². The van der Waals surface area contributed by atoms with Gasteiger partial charge in [-0.1, -0.05) is 12.1 Å². The van der Waals surface area contributed by atoms with E-state index in [4.69, 9.17) is 0 Å². The molecule has 0 radical (unpaired) electrons. The number of rotatable bonds is 3. The number of fused-ring (bicyclic) bond motifs is 1. The molecule has 0 aliphatic heterocycles. The molecule has 0 bridgehead atoms. The zero-order valence-corrected chi connectivity index (χ0v) is 10.3. The molecule has 1 aliphatic rings. The van der Waals surface area contributed by atoms with Crippen LogP contribution in [0.25, 0.3) is 0 Å². The van der Waals surface area contributed by atoms with Crippen LogP contribution in [0.1, 0.15) is 41.8 Å². The third-order valence-electron chi connectivity index (χ3n) is 3.55. The Morgan fingerprint density at radius 1 is 1.25 bits per heavy atom. The van der Waals surface area contributed by atoms with E-state index in [0.717, 1.165) is 12.0 Å². The number of aryl methyl sites for hydroxylation is 2. The summed E-state index contributed by atoms with van der Waals surface area (Å²) >= 11 is 0. The van der Waals surface area contributed by atoms with Crippen molar-refractivity contribution in [3.63, 3.8) is 0 Å². The molecule has 0 amide bonds. The zero-order chi connectivity index (χ0) is 11.8. The number of hydrogen-bond donors (Lipinski definition) is 1. The number of hydrogen-bond acceptors (Lipinski definition) is 2. The van der Waals surface area contributed by atoms with Crippen molar-refractivity contribution in [1.82, 2.24) is 5.32 Å². The predicted octanol–water partition coefficient (Wildman–Crippen LogP) is 2.36. The quantitative estimate of drug-likeness (QED) is 0.787. The van der Waals surface area contributed by atoms with Gasteiger partial charge in [-0.2, -0.15) is 0 Å². The number of likely N-dealkylation sites (N-methyl/N-ethyl adjacent to an activating group) is 1. The van der Waals surface area contributed by atoms with E-state index in [0.29, 0.717) is 0 Å².